The number of hydrogen-bond acceptors (Lipinski definition) is 4. The second-order valence-corrected chi connectivity index (χ2v) is 4.28. The predicted octanol–water partition coefficient (Wildman–Crippen LogP) is 1.46. The molecule has 0 saturated carbocycles. The van der Waals surface area contributed by atoms with Crippen LogP contribution < -0.4 is 5.73 Å². The first kappa shape index (κ1) is 12.9. The Balaban J connectivity index is 3.40. The molecule has 0 aromatic heterocycles. The molecule has 1 aromatic carbocycles. The van der Waals surface area contributed by atoms with Gasteiger partial charge in [0.2, 0.25) is 0 Å². The van der Waals surface area contributed by atoms with Crippen molar-refractivity contribution < 1.29 is 10.0 Å². The van der Waals surface area contributed by atoms with Gasteiger partial charge in [-0.2, -0.15) is 0 Å². The van der Waals surface area contributed by atoms with E-state index >= 15 is 0 Å². The number of nitro benzene ring substituents is 1. The summed E-state index contributed by atoms with van der Waals surface area (Å²) >= 11 is 5.80. The van der Waals surface area contributed by atoms with Gasteiger partial charge in [-0.1, -0.05) is 18.5 Å². The van der Waals surface area contributed by atoms with Gasteiger partial charge >= 0.3 is 0 Å². The van der Waals surface area contributed by atoms with Gasteiger partial charge in [0.15, 0.2) is 0 Å². The number of nitrogens with two attached hydrogens (primary N) is 1. The molecule has 1 rings (SSSR count). The molecule has 1 unspecified atom stereocenters. The molecular weight excluding hydrogens is 232 g/mol. The summed E-state index contributed by atoms with van der Waals surface area (Å²) in [4.78, 5) is 10.3. The van der Waals surface area contributed by atoms with Crippen molar-refractivity contribution in [2.75, 3.05) is 13.2 Å². The van der Waals surface area contributed by atoms with Crippen molar-refractivity contribution in [3.05, 3.63) is 38.9 Å². The van der Waals surface area contributed by atoms with Crippen molar-refractivity contribution >= 4 is 17.3 Å². The van der Waals surface area contributed by atoms with Gasteiger partial charge in [0.25, 0.3) is 5.69 Å². The Hall–Kier alpha value is -1.17. The lowest BCUT2D eigenvalue weighted by Crippen LogP contribution is -2.36. The molecule has 0 aliphatic rings. The summed E-state index contributed by atoms with van der Waals surface area (Å²) in [6.45, 7) is 1.49. The van der Waals surface area contributed by atoms with Crippen LogP contribution in [0.25, 0.3) is 0 Å². The zero-order chi connectivity index (χ0) is 12.3. The van der Waals surface area contributed by atoms with Gasteiger partial charge in [0.05, 0.1) is 11.5 Å². The number of halogens is 1. The average Bonchev–Trinajstić information content (AvgIpc) is 2.27. The largest absolute Gasteiger partial charge is 0.395 e. The molecule has 16 heavy (non-hydrogen) atoms. The number of aliphatic hydroxyl groups is 1. The zero-order valence-electron chi connectivity index (χ0n) is 8.81. The molecule has 0 bridgehead atoms. The predicted molar refractivity (Wildman–Crippen MR) is 61.6 cm³/mol. The van der Waals surface area contributed by atoms with E-state index in [9.17, 15) is 15.2 Å². The highest BCUT2D eigenvalue weighted by molar-refractivity contribution is 6.30. The zero-order valence-corrected chi connectivity index (χ0v) is 9.57. The summed E-state index contributed by atoms with van der Waals surface area (Å²) in [5.41, 5.74) is 4.97. The topological polar surface area (TPSA) is 89.4 Å². The lowest BCUT2D eigenvalue weighted by Gasteiger charge is -2.25. The van der Waals surface area contributed by atoms with Crippen molar-refractivity contribution in [2.45, 2.75) is 12.3 Å². The van der Waals surface area contributed by atoms with Crippen molar-refractivity contribution in [1.29, 1.82) is 0 Å². The highest BCUT2D eigenvalue weighted by atomic mass is 35.5. The fraction of sp³-hybridized carbons (Fsp3) is 0.400. The number of nitrogens with zero attached hydrogens (tertiary/aromatic N) is 1. The molecular formula is C10H13ClN2O3. The maximum Gasteiger partial charge on any atom is 0.273 e. The highest BCUT2D eigenvalue weighted by Gasteiger charge is 2.31. The summed E-state index contributed by atoms with van der Waals surface area (Å²) in [6.07, 6.45) is 0. The molecule has 0 saturated heterocycles. The third kappa shape index (κ3) is 2.32. The first-order valence-corrected chi connectivity index (χ1v) is 5.08. The SMILES string of the molecule is CC(CN)(CO)c1cc(Cl)ccc1[N+](=O)[O-]. The number of benzene rings is 1. The van der Waals surface area contributed by atoms with E-state index in [0.29, 0.717) is 10.6 Å². The average molecular weight is 245 g/mol. The van der Waals surface area contributed by atoms with Crippen LogP contribution in [0.2, 0.25) is 5.02 Å². The summed E-state index contributed by atoms with van der Waals surface area (Å²) in [5.74, 6) is 0. The highest BCUT2D eigenvalue weighted by Crippen LogP contribution is 2.32. The molecule has 0 aliphatic carbocycles. The molecule has 0 radical (unpaired) electrons. The standard InChI is InChI=1S/C10H13ClN2O3/c1-10(5-12,6-14)8-4-7(11)2-3-9(8)13(15)16/h2-4,14H,5-6,12H2,1H3. The van der Waals surface area contributed by atoms with Crippen LogP contribution >= 0.6 is 11.6 Å². The smallest absolute Gasteiger partial charge is 0.273 e. The summed E-state index contributed by atoms with van der Waals surface area (Å²) in [7, 11) is 0. The van der Waals surface area contributed by atoms with Crippen LogP contribution in [0.3, 0.4) is 0 Å². The van der Waals surface area contributed by atoms with Gasteiger partial charge in [0, 0.05) is 28.6 Å². The Morgan fingerprint density at radius 1 is 1.62 bits per heavy atom. The van der Waals surface area contributed by atoms with E-state index in [4.69, 9.17) is 17.3 Å². The molecule has 0 amide bonds. The van der Waals surface area contributed by atoms with Crippen molar-refractivity contribution in [3.8, 4) is 0 Å². The van der Waals surface area contributed by atoms with E-state index in [1.165, 1.54) is 18.2 Å². The van der Waals surface area contributed by atoms with Crippen LogP contribution in [0.1, 0.15) is 12.5 Å². The molecule has 0 heterocycles. The maximum absolute atomic E-state index is 10.9. The minimum absolute atomic E-state index is 0.0774. The molecule has 1 atom stereocenters. The quantitative estimate of drug-likeness (QED) is 0.620. The number of nitro groups is 1. The minimum Gasteiger partial charge on any atom is -0.395 e. The number of aliphatic hydroxyl groups excluding tert-OH is 1. The van der Waals surface area contributed by atoms with Crippen LogP contribution in [-0.2, 0) is 5.41 Å². The minimum atomic E-state index is -0.854. The fourth-order valence-electron chi connectivity index (χ4n) is 1.41. The molecule has 0 aliphatic heterocycles. The molecule has 0 spiro atoms. The number of rotatable bonds is 4. The van der Waals surface area contributed by atoms with Crippen LogP contribution in [0.5, 0.6) is 0 Å². The van der Waals surface area contributed by atoms with Gasteiger partial charge in [0.1, 0.15) is 0 Å². The van der Waals surface area contributed by atoms with E-state index in [0.717, 1.165) is 0 Å². The maximum atomic E-state index is 10.9. The summed E-state index contributed by atoms with van der Waals surface area (Å²) in [6, 6.07) is 4.24. The van der Waals surface area contributed by atoms with Crippen LogP contribution in [0.15, 0.2) is 18.2 Å². The Labute approximate surface area is 98.0 Å². The van der Waals surface area contributed by atoms with Crippen molar-refractivity contribution in [3.63, 3.8) is 0 Å². The first-order chi connectivity index (χ1) is 7.44. The van der Waals surface area contributed by atoms with E-state index in [-0.39, 0.29) is 18.8 Å². The molecule has 6 heteroatoms. The van der Waals surface area contributed by atoms with Gasteiger partial charge in [-0.15, -0.1) is 0 Å². The van der Waals surface area contributed by atoms with E-state index < -0.39 is 10.3 Å². The Bertz CT molecular complexity index is 405. The normalized spacial score (nSPS) is 14.5. The van der Waals surface area contributed by atoms with E-state index in [1.54, 1.807) is 6.92 Å². The fourth-order valence-corrected chi connectivity index (χ4v) is 1.58. The van der Waals surface area contributed by atoms with Crippen LogP contribution in [0.4, 0.5) is 5.69 Å². The molecule has 5 nitrogen and oxygen atoms in total. The second kappa shape index (κ2) is 4.78. The van der Waals surface area contributed by atoms with Gasteiger partial charge in [-0.05, 0) is 12.1 Å². The summed E-state index contributed by atoms with van der Waals surface area (Å²) in [5, 5.41) is 20.5. The van der Waals surface area contributed by atoms with E-state index in [2.05, 4.69) is 0 Å². The van der Waals surface area contributed by atoms with Gasteiger partial charge < -0.3 is 10.8 Å². The van der Waals surface area contributed by atoms with Crippen LogP contribution in [-0.4, -0.2) is 23.2 Å². The molecule has 88 valence electrons. The molecule has 1 aromatic rings. The van der Waals surface area contributed by atoms with E-state index in [1.807, 2.05) is 0 Å². The number of hydrogen-bond donors (Lipinski definition) is 2. The monoisotopic (exact) mass is 244 g/mol. The lowest BCUT2D eigenvalue weighted by atomic mass is 9.82. The van der Waals surface area contributed by atoms with Gasteiger partial charge in [-0.3, -0.25) is 10.1 Å². The van der Waals surface area contributed by atoms with Crippen molar-refractivity contribution in [2.24, 2.45) is 5.73 Å². The van der Waals surface area contributed by atoms with Crippen molar-refractivity contribution in [1.82, 2.24) is 0 Å². The Kier molecular flexibility index (Phi) is 3.85. The summed E-state index contributed by atoms with van der Waals surface area (Å²) < 4.78 is 0. The molecule has 3 N–H and O–H groups in total. The third-order valence-corrected chi connectivity index (χ3v) is 2.84. The van der Waals surface area contributed by atoms with Gasteiger partial charge in [-0.25, -0.2) is 0 Å². The Morgan fingerprint density at radius 2 is 2.25 bits per heavy atom. The molecule has 0 fully saturated rings. The second-order valence-electron chi connectivity index (χ2n) is 3.84. The Morgan fingerprint density at radius 3 is 2.69 bits per heavy atom. The first-order valence-electron chi connectivity index (χ1n) is 4.70. The lowest BCUT2D eigenvalue weighted by molar-refractivity contribution is -0.386. The van der Waals surface area contributed by atoms with Crippen LogP contribution in [0, 0.1) is 10.1 Å². The third-order valence-electron chi connectivity index (χ3n) is 2.61.